The molecule has 1 atom stereocenters. The Morgan fingerprint density at radius 2 is 2.53 bits per heavy atom. The van der Waals surface area contributed by atoms with Gasteiger partial charge in [-0.3, -0.25) is 0 Å². The molecule has 0 bridgehead atoms. The van der Waals surface area contributed by atoms with Gasteiger partial charge in [-0.2, -0.15) is 5.26 Å². The lowest BCUT2D eigenvalue weighted by Gasteiger charge is -2.25. The van der Waals surface area contributed by atoms with Crippen LogP contribution in [-0.2, 0) is 0 Å². The third-order valence-electron chi connectivity index (χ3n) is 3.18. The number of likely N-dealkylation sites (N-methyl/N-ethyl adjacent to an activating group) is 1. The zero-order valence-electron chi connectivity index (χ0n) is 10.2. The fourth-order valence-electron chi connectivity index (χ4n) is 2.22. The highest BCUT2D eigenvalue weighted by molar-refractivity contribution is 5.44. The van der Waals surface area contributed by atoms with E-state index in [1.807, 2.05) is 6.07 Å². The number of nitrogens with zero attached hydrogens (tertiary/aromatic N) is 3. The minimum atomic E-state index is 0.558. The molecule has 1 saturated heterocycles. The lowest BCUT2D eigenvalue weighted by Crippen LogP contribution is -2.37. The summed E-state index contributed by atoms with van der Waals surface area (Å²) in [7, 11) is 0. The standard InChI is InChI=1S/C13H18N4/c1-2-17(10-12-4-3-6-15-12)13-8-11(9-14)5-7-16-13/h5,7-8,12,15H,2-4,6,10H2,1H3. The molecule has 0 aliphatic carbocycles. The summed E-state index contributed by atoms with van der Waals surface area (Å²) in [5.41, 5.74) is 0.674. The lowest BCUT2D eigenvalue weighted by atomic mass is 10.2. The van der Waals surface area contributed by atoms with Gasteiger partial charge in [-0.25, -0.2) is 4.98 Å². The van der Waals surface area contributed by atoms with Gasteiger partial charge in [-0.1, -0.05) is 0 Å². The van der Waals surface area contributed by atoms with Crippen LogP contribution in [0.2, 0.25) is 0 Å². The number of hydrogen-bond donors (Lipinski definition) is 1. The molecule has 0 radical (unpaired) electrons. The fourth-order valence-corrected chi connectivity index (χ4v) is 2.22. The molecule has 1 unspecified atom stereocenters. The number of rotatable bonds is 4. The molecule has 1 fully saturated rings. The van der Waals surface area contributed by atoms with Crippen molar-refractivity contribution in [3.05, 3.63) is 23.9 Å². The third kappa shape index (κ3) is 2.95. The van der Waals surface area contributed by atoms with E-state index in [1.165, 1.54) is 12.8 Å². The van der Waals surface area contributed by atoms with Crippen LogP contribution in [0.25, 0.3) is 0 Å². The molecule has 2 rings (SSSR count). The number of nitrogens with one attached hydrogen (secondary N) is 1. The largest absolute Gasteiger partial charge is 0.355 e. The summed E-state index contributed by atoms with van der Waals surface area (Å²) in [6.07, 6.45) is 4.20. The first-order valence-electron chi connectivity index (χ1n) is 6.18. The maximum Gasteiger partial charge on any atom is 0.129 e. The Morgan fingerprint density at radius 3 is 3.18 bits per heavy atom. The van der Waals surface area contributed by atoms with E-state index in [0.717, 1.165) is 25.5 Å². The Morgan fingerprint density at radius 1 is 1.65 bits per heavy atom. The van der Waals surface area contributed by atoms with Crippen LogP contribution in [-0.4, -0.2) is 30.7 Å². The van der Waals surface area contributed by atoms with Crippen LogP contribution in [0, 0.1) is 11.3 Å². The topological polar surface area (TPSA) is 52.0 Å². The van der Waals surface area contributed by atoms with Crippen LogP contribution in [0.5, 0.6) is 0 Å². The van der Waals surface area contributed by atoms with Crippen molar-refractivity contribution in [2.24, 2.45) is 0 Å². The second-order valence-electron chi connectivity index (χ2n) is 4.35. The summed E-state index contributed by atoms with van der Waals surface area (Å²) < 4.78 is 0. The van der Waals surface area contributed by atoms with Crippen molar-refractivity contribution >= 4 is 5.82 Å². The molecule has 1 aromatic rings. The van der Waals surface area contributed by atoms with Crippen LogP contribution >= 0.6 is 0 Å². The quantitative estimate of drug-likeness (QED) is 0.852. The van der Waals surface area contributed by atoms with E-state index in [1.54, 1.807) is 12.3 Å². The molecule has 0 aromatic carbocycles. The number of nitriles is 1. The Bertz CT molecular complexity index is 404. The molecule has 1 N–H and O–H groups in total. The fraction of sp³-hybridized carbons (Fsp3) is 0.538. The first kappa shape index (κ1) is 11.9. The molecule has 0 saturated carbocycles. The zero-order chi connectivity index (χ0) is 12.1. The lowest BCUT2D eigenvalue weighted by molar-refractivity contribution is 0.584. The summed E-state index contributed by atoms with van der Waals surface area (Å²) >= 11 is 0. The predicted molar refractivity (Wildman–Crippen MR) is 67.9 cm³/mol. The molecule has 17 heavy (non-hydrogen) atoms. The van der Waals surface area contributed by atoms with Gasteiger partial charge in [0.15, 0.2) is 0 Å². The predicted octanol–water partition coefficient (Wildman–Crippen LogP) is 1.53. The number of hydrogen-bond acceptors (Lipinski definition) is 4. The maximum absolute atomic E-state index is 8.89. The normalized spacial score (nSPS) is 18.9. The Labute approximate surface area is 102 Å². The minimum Gasteiger partial charge on any atom is -0.355 e. The summed E-state index contributed by atoms with van der Waals surface area (Å²) in [6, 6.07) is 6.32. The van der Waals surface area contributed by atoms with Crippen molar-refractivity contribution in [2.75, 3.05) is 24.5 Å². The van der Waals surface area contributed by atoms with E-state index in [0.29, 0.717) is 11.6 Å². The zero-order valence-corrected chi connectivity index (χ0v) is 10.2. The van der Waals surface area contributed by atoms with Gasteiger partial charge >= 0.3 is 0 Å². The van der Waals surface area contributed by atoms with Crippen molar-refractivity contribution in [3.63, 3.8) is 0 Å². The second kappa shape index (κ2) is 5.65. The van der Waals surface area contributed by atoms with Gasteiger partial charge in [-0.05, 0) is 38.4 Å². The van der Waals surface area contributed by atoms with Crippen LogP contribution in [0.4, 0.5) is 5.82 Å². The summed E-state index contributed by atoms with van der Waals surface area (Å²) in [6.45, 7) is 5.13. The average Bonchev–Trinajstić information content (AvgIpc) is 2.89. The first-order chi connectivity index (χ1) is 8.33. The number of pyridine rings is 1. The molecule has 0 spiro atoms. The molecule has 1 aliphatic heterocycles. The molecule has 90 valence electrons. The van der Waals surface area contributed by atoms with Gasteiger partial charge in [0.05, 0.1) is 11.6 Å². The Hall–Kier alpha value is -1.60. The van der Waals surface area contributed by atoms with Gasteiger partial charge in [0, 0.05) is 25.3 Å². The minimum absolute atomic E-state index is 0.558. The highest BCUT2D eigenvalue weighted by Gasteiger charge is 2.17. The summed E-state index contributed by atoms with van der Waals surface area (Å²) in [4.78, 5) is 6.57. The molecular formula is C13H18N4. The first-order valence-corrected chi connectivity index (χ1v) is 6.18. The molecule has 0 amide bonds. The van der Waals surface area contributed by atoms with Gasteiger partial charge in [-0.15, -0.1) is 0 Å². The van der Waals surface area contributed by atoms with E-state index in [-0.39, 0.29) is 0 Å². The Balaban J connectivity index is 2.08. The van der Waals surface area contributed by atoms with E-state index in [4.69, 9.17) is 5.26 Å². The van der Waals surface area contributed by atoms with Crippen LogP contribution in [0.3, 0.4) is 0 Å². The molecule has 4 heteroatoms. The van der Waals surface area contributed by atoms with Gasteiger partial charge in [0.1, 0.15) is 5.82 Å². The van der Waals surface area contributed by atoms with Crippen LogP contribution in [0.15, 0.2) is 18.3 Å². The van der Waals surface area contributed by atoms with Gasteiger partial charge in [0.25, 0.3) is 0 Å². The second-order valence-corrected chi connectivity index (χ2v) is 4.35. The Kier molecular flexibility index (Phi) is 3.94. The maximum atomic E-state index is 8.89. The number of anilines is 1. The molecule has 1 aromatic heterocycles. The summed E-state index contributed by atoms with van der Waals surface area (Å²) in [5, 5.41) is 12.4. The van der Waals surface area contributed by atoms with Crippen LogP contribution in [0.1, 0.15) is 25.3 Å². The van der Waals surface area contributed by atoms with Crippen molar-refractivity contribution in [1.29, 1.82) is 5.26 Å². The van der Waals surface area contributed by atoms with E-state index >= 15 is 0 Å². The molecule has 1 aliphatic rings. The highest BCUT2D eigenvalue weighted by Crippen LogP contribution is 2.15. The molecule has 4 nitrogen and oxygen atoms in total. The average molecular weight is 230 g/mol. The number of aromatic nitrogens is 1. The van der Waals surface area contributed by atoms with E-state index in [9.17, 15) is 0 Å². The van der Waals surface area contributed by atoms with Crippen LogP contribution < -0.4 is 10.2 Å². The SMILES string of the molecule is CCN(CC1CCCN1)c1cc(C#N)ccn1. The van der Waals surface area contributed by atoms with Gasteiger partial charge in [0.2, 0.25) is 0 Å². The highest BCUT2D eigenvalue weighted by atomic mass is 15.2. The monoisotopic (exact) mass is 230 g/mol. The van der Waals surface area contributed by atoms with Crippen molar-refractivity contribution in [2.45, 2.75) is 25.8 Å². The van der Waals surface area contributed by atoms with E-state index < -0.39 is 0 Å². The third-order valence-corrected chi connectivity index (χ3v) is 3.18. The summed E-state index contributed by atoms with van der Waals surface area (Å²) in [5.74, 6) is 0.903. The van der Waals surface area contributed by atoms with Crippen molar-refractivity contribution < 1.29 is 0 Å². The molecule has 2 heterocycles. The van der Waals surface area contributed by atoms with Crippen molar-refractivity contribution in [3.8, 4) is 6.07 Å². The van der Waals surface area contributed by atoms with Gasteiger partial charge < -0.3 is 10.2 Å². The molecular weight excluding hydrogens is 212 g/mol. The smallest absolute Gasteiger partial charge is 0.129 e. The van der Waals surface area contributed by atoms with E-state index in [2.05, 4.69) is 28.2 Å². The van der Waals surface area contributed by atoms with Crippen molar-refractivity contribution in [1.82, 2.24) is 10.3 Å².